The molecular weight excluding hydrogens is 458 g/mol. The molecule has 3 rings (SSSR count). The van der Waals surface area contributed by atoms with Gasteiger partial charge in [-0.2, -0.15) is 18.2 Å². The van der Waals surface area contributed by atoms with Crippen molar-refractivity contribution in [3.05, 3.63) is 34.5 Å². The quantitative estimate of drug-likeness (QED) is 0.436. The molecule has 0 radical (unpaired) electrons. The highest BCUT2D eigenvalue weighted by molar-refractivity contribution is 6.33. The molecule has 0 bridgehead atoms. The fourth-order valence-electron chi connectivity index (χ4n) is 3.13. The Balaban J connectivity index is 1.92. The normalized spacial score (nSPS) is 16.6. The zero-order valence-electron chi connectivity index (χ0n) is 16.9. The Hall–Kier alpha value is -2.86. The standard InChI is InChI=1S/C19H20ClF4N5O3/c1-2-25-17-12(19(22,23)24)7-26-18(28-17)27-14-6-15(32-9-21)11(5-13(14)20)16-8-29(10-30)3-4-31-16/h5-7,10,16H,2-4,8-9H2,1H3,(H2,25,26,27,28). The molecule has 1 aliphatic rings. The van der Waals surface area contributed by atoms with E-state index in [0.29, 0.717) is 24.7 Å². The van der Waals surface area contributed by atoms with E-state index in [2.05, 4.69) is 20.6 Å². The smallest absolute Gasteiger partial charge is 0.421 e. The maximum atomic E-state index is 13.2. The predicted molar refractivity (Wildman–Crippen MR) is 109 cm³/mol. The second-order valence-electron chi connectivity index (χ2n) is 6.69. The van der Waals surface area contributed by atoms with Crippen molar-refractivity contribution in [1.29, 1.82) is 0 Å². The predicted octanol–water partition coefficient (Wildman–Crippen LogP) is 4.16. The summed E-state index contributed by atoms with van der Waals surface area (Å²) < 4.78 is 63.2. The van der Waals surface area contributed by atoms with Crippen LogP contribution in [0.25, 0.3) is 0 Å². The molecule has 2 N–H and O–H groups in total. The Morgan fingerprint density at radius 3 is 2.84 bits per heavy atom. The van der Waals surface area contributed by atoms with Crippen LogP contribution in [-0.4, -0.2) is 54.4 Å². The van der Waals surface area contributed by atoms with Crippen LogP contribution in [0.5, 0.6) is 5.75 Å². The van der Waals surface area contributed by atoms with E-state index in [-0.39, 0.29) is 42.1 Å². The number of amides is 1. The monoisotopic (exact) mass is 477 g/mol. The Labute approximate surface area is 185 Å². The number of alkyl halides is 4. The van der Waals surface area contributed by atoms with Crippen LogP contribution in [0.1, 0.15) is 24.2 Å². The first-order valence-corrected chi connectivity index (χ1v) is 9.92. The minimum absolute atomic E-state index is 0.0935. The van der Waals surface area contributed by atoms with E-state index < -0.39 is 30.5 Å². The van der Waals surface area contributed by atoms with Crippen molar-refractivity contribution in [3.8, 4) is 5.75 Å². The summed E-state index contributed by atoms with van der Waals surface area (Å²) in [5, 5.41) is 5.42. The molecule has 1 saturated heterocycles. The van der Waals surface area contributed by atoms with Crippen LogP contribution in [0, 0.1) is 0 Å². The number of aromatic nitrogens is 2. The number of ether oxygens (including phenoxy) is 2. The number of nitrogens with zero attached hydrogens (tertiary/aromatic N) is 3. The number of halogens is 5. The first-order chi connectivity index (χ1) is 15.3. The van der Waals surface area contributed by atoms with Gasteiger partial charge in [-0.1, -0.05) is 11.6 Å². The summed E-state index contributed by atoms with van der Waals surface area (Å²) in [5.41, 5.74) is -0.405. The highest BCUT2D eigenvalue weighted by Crippen LogP contribution is 2.39. The van der Waals surface area contributed by atoms with Gasteiger partial charge in [0.25, 0.3) is 0 Å². The van der Waals surface area contributed by atoms with E-state index in [4.69, 9.17) is 21.1 Å². The number of carbonyl (C=O) groups excluding carboxylic acids is 1. The van der Waals surface area contributed by atoms with E-state index in [1.54, 1.807) is 6.92 Å². The topological polar surface area (TPSA) is 88.6 Å². The Bertz CT molecular complexity index is 963. The molecule has 2 heterocycles. The number of morpholine rings is 1. The Kier molecular flexibility index (Phi) is 7.56. The molecule has 1 aromatic heterocycles. The van der Waals surface area contributed by atoms with E-state index in [1.165, 1.54) is 17.0 Å². The van der Waals surface area contributed by atoms with Gasteiger partial charge in [0.15, 0.2) is 0 Å². The van der Waals surface area contributed by atoms with Crippen molar-refractivity contribution in [2.45, 2.75) is 19.2 Å². The van der Waals surface area contributed by atoms with Crippen LogP contribution < -0.4 is 15.4 Å². The lowest BCUT2D eigenvalue weighted by Crippen LogP contribution is -2.37. The van der Waals surface area contributed by atoms with Crippen LogP contribution >= 0.6 is 11.6 Å². The molecule has 13 heteroatoms. The molecule has 1 atom stereocenters. The average Bonchev–Trinajstić information content (AvgIpc) is 2.75. The van der Waals surface area contributed by atoms with Gasteiger partial charge in [-0.15, -0.1) is 0 Å². The molecule has 1 unspecified atom stereocenters. The second-order valence-corrected chi connectivity index (χ2v) is 7.10. The third-order valence-electron chi connectivity index (χ3n) is 4.59. The molecule has 1 aromatic carbocycles. The summed E-state index contributed by atoms with van der Waals surface area (Å²) >= 11 is 6.34. The summed E-state index contributed by atoms with van der Waals surface area (Å²) in [5.74, 6) is -0.457. The minimum atomic E-state index is -4.63. The molecule has 0 spiro atoms. The van der Waals surface area contributed by atoms with Crippen LogP contribution in [0.3, 0.4) is 0 Å². The number of nitrogens with one attached hydrogen (secondary N) is 2. The van der Waals surface area contributed by atoms with E-state index in [9.17, 15) is 22.4 Å². The third kappa shape index (κ3) is 5.49. The molecule has 1 amide bonds. The van der Waals surface area contributed by atoms with Crippen LogP contribution in [0.4, 0.5) is 35.0 Å². The number of hydrogen-bond donors (Lipinski definition) is 2. The highest BCUT2D eigenvalue weighted by Gasteiger charge is 2.35. The first-order valence-electron chi connectivity index (χ1n) is 9.55. The summed E-state index contributed by atoms with van der Waals surface area (Å²) in [6, 6.07) is 2.84. The van der Waals surface area contributed by atoms with Gasteiger partial charge in [0.1, 0.15) is 23.2 Å². The van der Waals surface area contributed by atoms with Crippen molar-refractivity contribution in [2.75, 3.05) is 43.7 Å². The molecule has 1 aliphatic heterocycles. The molecule has 8 nitrogen and oxygen atoms in total. The van der Waals surface area contributed by atoms with Crippen LogP contribution in [0.15, 0.2) is 18.3 Å². The number of carbonyl (C=O) groups is 1. The Morgan fingerprint density at radius 1 is 1.41 bits per heavy atom. The van der Waals surface area contributed by atoms with Gasteiger partial charge in [0.05, 0.1) is 23.9 Å². The van der Waals surface area contributed by atoms with Crippen molar-refractivity contribution in [1.82, 2.24) is 14.9 Å². The number of rotatable bonds is 8. The maximum Gasteiger partial charge on any atom is 0.421 e. The molecule has 0 aliphatic carbocycles. The first kappa shape index (κ1) is 23.8. The van der Waals surface area contributed by atoms with Crippen molar-refractivity contribution in [3.63, 3.8) is 0 Å². The summed E-state index contributed by atoms with van der Waals surface area (Å²) in [6.45, 7) is 1.63. The lowest BCUT2D eigenvalue weighted by atomic mass is 10.1. The van der Waals surface area contributed by atoms with Gasteiger partial charge in [0.2, 0.25) is 19.2 Å². The zero-order valence-corrected chi connectivity index (χ0v) is 17.6. The van der Waals surface area contributed by atoms with Gasteiger partial charge in [-0.3, -0.25) is 4.79 Å². The molecule has 2 aromatic rings. The number of benzene rings is 1. The van der Waals surface area contributed by atoms with Gasteiger partial charge in [-0.25, -0.2) is 9.37 Å². The number of hydrogen-bond acceptors (Lipinski definition) is 7. The minimum Gasteiger partial charge on any atom is -0.462 e. The van der Waals surface area contributed by atoms with Crippen molar-refractivity contribution in [2.24, 2.45) is 0 Å². The average molecular weight is 478 g/mol. The largest absolute Gasteiger partial charge is 0.462 e. The lowest BCUT2D eigenvalue weighted by Gasteiger charge is -2.31. The fraction of sp³-hybridized carbons (Fsp3) is 0.421. The van der Waals surface area contributed by atoms with E-state index in [1.807, 2.05) is 0 Å². The van der Waals surface area contributed by atoms with Crippen LogP contribution in [0.2, 0.25) is 5.02 Å². The van der Waals surface area contributed by atoms with Gasteiger partial charge in [0, 0.05) is 30.9 Å². The fourth-order valence-corrected chi connectivity index (χ4v) is 3.34. The summed E-state index contributed by atoms with van der Waals surface area (Å²) in [7, 11) is 0. The van der Waals surface area contributed by atoms with Crippen LogP contribution in [-0.2, 0) is 15.7 Å². The zero-order chi connectivity index (χ0) is 23.3. The second kappa shape index (κ2) is 10.2. The SMILES string of the molecule is CCNc1nc(Nc2cc(OCF)c(C3CN(C=O)CCO3)cc2Cl)ncc1C(F)(F)F. The van der Waals surface area contributed by atoms with E-state index >= 15 is 0 Å². The molecular formula is C19H20ClF4N5O3. The van der Waals surface area contributed by atoms with Crippen molar-refractivity contribution < 1.29 is 31.8 Å². The van der Waals surface area contributed by atoms with Gasteiger partial charge in [-0.05, 0) is 13.0 Å². The van der Waals surface area contributed by atoms with Gasteiger partial charge < -0.3 is 25.0 Å². The highest BCUT2D eigenvalue weighted by atomic mass is 35.5. The molecule has 1 fully saturated rings. The lowest BCUT2D eigenvalue weighted by molar-refractivity contribution is -0.137. The van der Waals surface area contributed by atoms with E-state index in [0.717, 1.165) is 0 Å². The van der Waals surface area contributed by atoms with Crippen molar-refractivity contribution >= 4 is 35.5 Å². The summed E-state index contributed by atoms with van der Waals surface area (Å²) in [4.78, 5) is 20.2. The molecule has 0 saturated carbocycles. The van der Waals surface area contributed by atoms with Gasteiger partial charge >= 0.3 is 6.18 Å². The summed E-state index contributed by atoms with van der Waals surface area (Å²) in [6.07, 6.45) is -3.89. The third-order valence-corrected chi connectivity index (χ3v) is 4.90. The molecule has 174 valence electrons. The molecule has 32 heavy (non-hydrogen) atoms. The number of anilines is 3. The maximum absolute atomic E-state index is 13.2. The Morgan fingerprint density at radius 2 is 2.19 bits per heavy atom.